The van der Waals surface area contributed by atoms with Crippen molar-refractivity contribution in [2.45, 2.75) is 25.3 Å². The van der Waals surface area contributed by atoms with Crippen LogP contribution in [0.25, 0.3) is 0 Å². The fourth-order valence-corrected chi connectivity index (χ4v) is 3.25. The molecule has 1 aromatic heterocycles. The number of carbonyl (C=O) groups is 1. The van der Waals surface area contributed by atoms with E-state index < -0.39 is 5.82 Å². The number of nitrogens with one attached hydrogen (secondary N) is 1. The van der Waals surface area contributed by atoms with Crippen molar-refractivity contribution >= 4 is 17.5 Å². The van der Waals surface area contributed by atoms with Crippen molar-refractivity contribution in [3.05, 3.63) is 28.8 Å². The lowest BCUT2D eigenvalue weighted by Crippen LogP contribution is -2.42. The molecule has 1 amide bonds. The molecule has 108 valence electrons. The number of aromatic nitrogens is 1. The smallest absolute Gasteiger partial charge is 0.270 e. The second-order valence-corrected chi connectivity index (χ2v) is 6.04. The molecule has 1 aromatic rings. The van der Waals surface area contributed by atoms with Crippen LogP contribution in [-0.2, 0) is 0 Å². The average molecular weight is 298 g/mol. The third-order valence-electron chi connectivity index (χ3n) is 4.18. The number of pyridine rings is 1. The second kappa shape index (κ2) is 5.66. The standard InChI is InChI=1S/C14H17ClFN3O/c15-11-6-13(17-7-12(11)16)14(20)18-10-5-9-1-3-19(8-10)4-2-9/h6-7,9-10H,1-5,8H2,(H,18,20). The molecule has 1 atom stereocenters. The Kier molecular flexibility index (Phi) is 3.89. The number of nitrogens with zero attached hydrogens (tertiary/aromatic N) is 2. The van der Waals surface area contributed by atoms with E-state index in [0.717, 1.165) is 32.3 Å². The highest BCUT2D eigenvalue weighted by Gasteiger charge is 2.30. The van der Waals surface area contributed by atoms with Crippen LogP contribution in [0.5, 0.6) is 0 Å². The van der Waals surface area contributed by atoms with Crippen molar-refractivity contribution in [1.29, 1.82) is 0 Å². The van der Waals surface area contributed by atoms with Gasteiger partial charge in [-0.25, -0.2) is 9.37 Å². The van der Waals surface area contributed by atoms with Crippen molar-refractivity contribution in [1.82, 2.24) is 15.2 Å². The Morgan fingerprint density at radius 1 is 1.45 bits per heavy atom. The molecule has 0 aromatic carbocycles. The molecule has 0 saturated carbocycles. The molecule has 4 nitrogen and oxygen atoms in total. The van der Waals surface area contributed by atoms with Gasteiger partial charge in [0.25, 0.3) is 5.91 Å². The SMILES string of the molecule is O=C(NC1CC2CCN(CC2)C1)c1cc(Cl)c(F)cn1. The van der Waals surface area contributed by atoms with E-state index in [1.165, 1.54) is 18.9 Å². The first-order valence-electron chi connectivity index (χ1n) is 6.96. The highest BCUT2D eigenvalue weighted by atomic mass is 35.5. The van der Waals surface area contributed by atoms with Crippen LogP contribution in [0.1, 0.15) is 29.8 Å². The molecular weight excluding hydrogens is 281 g/mol. The van der Waals surface area contributed by atoms with Gasteiger partial charge >= 0.3 is 0 Å². The third-order valence-corrected chi connectivity index (χ3v) is 4.47. The molecule has 20 heavy (non-hydrogen) atoms. The summed E-state index contributed by atoms with van der Waals surface area (Å²) in [7, 11) is 0. The lowest BCUT2D eigenvalue weighted by Gasteiger charge is -2.26. The summed E-state index contributed by atoms with van der Waals surface area (Å²) in [6, 6.07) is 1.42. The van der Waals surface area contributed by atoms with Crippen LogP contribution < -0.4 is 5.32 Å². The van der Waals surface area contributed by atoms with E-state index in [2.05, 4.69) is 15.2 Å². The van der Waals surface area contributed by atoms with Crippen LogP contribution in [0.4, 0.5) is 4.39 Å². The van der Waals surface area contributed by atoms with E-state index in [1.54, 1.807) is 0 Å². The molecule has 3 aliphatic rings. The molecule has 0 spiro atoms. The third kappa shape index (κ3) is 2.94. The van der Waals surface area contributed by atoms with Gasteiger partial charge in [0, 0.05) is 12.6 Å². The molecule has 4 rings (SSSR count). The van der Waals surface area contributed by atoms with Crippen LogP contribution >= 0.6 is 11.6 Å². The summed E-state index contributed by atoms with van der Waals surface area (Å²) in [5.41, 5.74) is 0.169. The van der Waals surface area contributed by atoms with Crippen molar-refractivity contribution < 1.29 is 9.18 Å². The number of amides is 1. The van der Waals surface area contributed by atoms with Crippen LogP contribution in [0.3, 0.4) is 0 Å². The Bertz CT molecular complexity index is 503. The van der Waals surface area contributed by atoms with E-state index in [-0.39, 0.29) is 22.7 Å². The molecule has 3 aliphatic heterocycles. The zero-order valence-corrected chi connectivity index (χ0v) is 11.9. The lowest BCUT2D eigenvalue weighted by molar-refractivity contribution is 0.0923. The van der Waals surface area contributed by atoms with Gasteiger partial charge in [-0.2, -0.15) is 0 Å². The largest absolute Gasteiger partial charge is 0.347 e. The van der Waals surface area contributed by atoms with Crippen molar-refractivity contribution in [3.63, 3.8) is 0 Å². The lowest BCUT2D eigenvalue weighted by atomic mass is 9.94. The fourth-order valence-electron chi connectivity index (χ4n) is 3.10. The van der Waals surface area contributed by atoms with Crippen molar-refractivity contribution in [3.8, 4) is 0 Å². The minimum Gasteiger partial charge on any atom is -0.347 e. The first kappa shape index (κ1) is 13.8. The average Bonchev–Trinajstić information content (AvgIpc) is 2.74. The monoisotopic (exact) mass is 297 g/mol. The highest BCUT2D eigenvalue weighted by molar-refractivity contribution is 6.31. The van der Waals surface area contributed by atoms with E-state index in [4.69, 9.17) is 11.6 Å². The minimum atomic E-state index is -0.609. The predicted molar refractivity (Wildman–Crippen MR) is 74.2 cm³/mol. The highest BCUT2D eigenvalue weighted by Crippen LogP contribution is 2.26. The van der Waals surface area contributed by atoms with Gasteiger partial charge in [-0.05, 0) is 44.3 Å². The van der Waals surface area contributed by atoms with Crippen molar-refractivity contribution in [2.24, 2.45) is 5.92 Å². The maximum Gasteiger partial charge on any atom is 0.270 e. The van der Waals surface area contributed by atoms with E-state index in [1.807, 2.05) is 0 Å². The number of rotatable bonds is 2. The van der Waals surface area contributed by atoms with Gasteiger partial charge in [0.05, 0.1) is 11.2 Å². The number of hydrogen-bond donors (Lipinski definition) is 1. The van der Waals surface area contributed by atoms with Crippen LogP contribution in [0.2, 0.25) is 5.02 Å². The molecule has 3 saturated heterocycles. The summed E-state index contributed by atoms with van der Waals surface area (Å²) in [5, 5.41) is 2.92. The summed E-state index contributed by atoms with van der Waals surface area (Å²) in [4.78, 5) is 18.3. The van der Waals surface area contributed by atoms with Crippen LogP contribution in [0.15, 0.2) is 12.3 Å². The minimum absolute atomic E-state index is 0.0742. The fraction of sp³-hybridized carbons (Fsp3) is 0.571. The number of carbonyl (C=O) groups excluding carboxylic acids is 1. The zero-order chi connectivity index (χ0) is 14.1. The van der Waals surface area contributed by atoms with Gasteiger partial charge in [0.2, 0.25) is 0 Å². The van der Waals surface area contributed by atoms with Gasteiger partial charge in [-0.3, -0.25) is 4.79 Å². The van der Waals surface area contributed by atoms with Gasteiger partial charge in [0.15, 0.2) is 5.82 Å². The van der Waals surface area contributed by atoms with Crippen molar-refractivity contribution in [2.75, 3.05) is 19.6 Å². The van der Waals surface area contributed by atoms with Gasteiger partial charge in [-0.1, -0.05) is 11.6 Å². The summed E-state index contributed by atoms with van der Waals surface area (Å²) >= 11 is 5.68. The Morgan fingerprint density at radius 2 is 2.20 bits per heavy atom. The summed E-state index contributed by atoms with van der Waals surface area (Å²) in [5.74, 6) is -0.190. The first-order valence-corrected chi connectivity index (χ1v) is 7.34. The predicted octanol–water partition coefficient (Wildman–Crippen LogP) is 2.09. The summed E-state index contributed by atoms with van der Waals surface area (Å²) in [6.45, 7) is 3.13. The first-order chi connectivity index (χ1) is 9.61. The number of hydrogen-bond acceptors (Lipinski definition) is 3. The van der Waals surface area contributed by atoms with E-state index >= 15 is 0 Å². The zero-order valence-electron chi connectivity index (χ0n) is 11.1. The molecule has 4 heterocycles. The maximum absolute atomic E-state index is 13.1. The molecule has 0 radical (unpaired) electrons. The molecule has 0 aliphatic carbocycles. The molecule has 2 bridgehead atoms. The van der Waals surface area contributed by atoms with E-state index in [0.29, 0.717) is 5.92 Å². The topological polar surface area (TPSA) is 45.2 Å². The molecule has 1 unspecified atom stereocenters. The maximum atomic E-state index is 13.1. The number of halogens is 2. The van der Waals surface area contributed by atoms with Gasteiger partial charge in [0.1, 0.15) is 5.69 Å². The van der Waals surface area contributed by atoms with Crippen LogP contribution in [-0.4, -0.2) is 41.5 Å². The van der Waals surface area contributed by atoms with Crippen LogP contribution in [0, 0.1) is 11.7 Å². The number of piperidine rings is 1. The summed E-state index contributed by atoms with van der Waals surface area (Å²) < 4.78 is 13.1. The normalized spacial score (nSPS) is 29.0. The Hall–Kier alpha value is -1.20. The molecular formula is C14H17ClFN3O. The quantitative estimate of drug-likeness (QED) is 0.909. The molecule has 3 fully saturated rings. The Morgan fingerprint density at radius 3 is 2.90 bits per heavy atom. The van der Waals surface area contributed by atoms with Gasteiger partial charge in [-0.15, -0.1) is 0 Å². The number of fused-ring (bicyclic) bond motifs is 4. The molecule has 1 N–H and O–H groups in total. The van der Waals surface area contributed by atoms with Gasteiger partial charge < -0.3 is 10.2 Å². The summed E-state index contributed by atoms with van der Waals surface area (Å²) in [6.07, 6.45) is 4.43. The Labute approximate surface area is 122 Å². The van der Waals surface area contributed by atoms with E-state index in [9.17, 15) is 9.18 Å². The second-order valence-electron chi connectivity index (χ2n) is 5.63. The Balaban J connectivity index is 1.67. The molecule has 6 heteroatoms.